The predicted molar refractivity (Wildman–Crippen MR) is 93.3 cm³/mol. The fourth-order valence-corrected chi connectivity index (χ4v) is 3.56. The molecule has 2 aromatic carbocycles. The van der Waals surface area contributed by atoms with Gasteiger partial charge in [-0.1, -0.05) is 29.8 Å². The van der Waals surface area contributed by atoms with Crippen LogP contribution in [-0.2, 0) is 0 Å². The van der Waals surface area contributed by atoms with Gasteiger partial charge in [0.2, 0.25) is 0 Å². The Balaban J connectivity index is 2.31. The second-order valence-corrected chi connectivity index (χ2v) is 6.79. The maximum atomic E-state index is 6.18. The van der Waals surface area contributed by atoms with Crippen LogP contribution in [0.5, 0.6) is 0 Å². The molecule has 4 heteroatoms. The summed E-state index contributed by atoms with van der Waals surface area (Å²) in [6.45, 7) is 1.72. The molecule has 0 N–H and O–H groups in total. The fourth-order valence-electron chi connectivity index (χ4n) is 2.32. The van der Waals surface area contributed by atoms with Crippen molar-refractivity contribution in [3.05, 3.63) is 52.8 Å². The SMILES string of the molecule is CN(C)CCN=c1c2ccccc2sc2ccc(Cl)cc12. The number of nitrogens with zero attached hydrogens (tertiary/aromatic N) is 2. The van der Waals surface area contributed by atoms with Crippen molar-refractivity contribution in [2.24, 2.45) is 4.99 Å². The predicted octanol–water partition coefficient (Wildman–Crippen LogP) is 4.17. The molecule has 3 aromatic rings. The van der Waals surface area contributed by atoms with Crippen LogP contribution in [0.25, 0.3) is 20.2 Å². The van der Waals surface area contributed by atoms with Gasteiger partial charge in [-0.05, 0) is 38.4 Å². The first-order chi connectivity index (χ1) is 10.1. The molecule has 0 spiro atoms. The minimum Gasteiger partial charge on any atom is -0.308 e. The van der Waals surface area contributed by atoms with E-state index in [1.54, 1.807) is 11.3 Å². The van der Waals surface area contributed by atoms with E-state index in [0.29, 0.717) is 0 Å². The van der Waals surface area contributed by atoms with E-state index in [0.717, 1.165) is 28.9 Å². The second kappa shape index (κ2) is 6.14. The third kappa shape index (κ3) is 3.10. The number of rotatable bonds is 3. The molecule has 108 valence electrons. The van der Waals surface area contributed by atoms with Crippen LogP contribution >= 0.6 is 22.9 Å². The number of fused-ring (bicyclic) bond motifs is 2. The van der Waals surface area contributed by atoms with Crippen molar-refractivity contribution in [2.45, 2.75) is 0 Å². The van der Waals surface area contributed by atoms with Gasteiger partial charge in [0.25, 0.3) is 0 Å². The molecule has 2 nitrogen and oxygen atoms in total. The van der Waals surface area contributed by atoms with Gasteiger partial charge in [0.1, 0.15) is 0 Å². The highest BCUT2D eigenvalue weighted by molar-refractivity contribution is 7.24. The molecule has 0 aliphatic carbocycles. The number of halogens is 1. The Hall–Kier alpha value is -1.42. The van der Waals surface area contributed by atoms with E-state index in [-0.39, 0.29) is 0 Å². The third-order valence-electron chi connectivity index (χ3n) is 3.38. The Morgan fingerprint density at radius 2 is 1.81 bits per heavy atom. The van der Waals surface area contributed by atoms with Crippen molar-refractivity contribution in [2.75, 3.05) is 27.2 Å². The standard InChI is InChI=1S/C17H17ClN2S/c1-20(2)10-9-19-17-13-5-3-4-6-15(13)21-16-8-7-12(18)11-14(16)17/h3-8,11H,9-10H2,1-2H3. The zero-order valence-corrected chi connectivity index (χ0v) is 13.7. The summed E-state index contributed by atoms with van der Waals surface area (Å²) < 4.78 is 2.48. The summed E-state index contributed by atoms with van der Waals surface area (Å²) in [5.41, 5.74) is 0. The molecule has 0 aliphatic rings. The first-order valence-corrected chi connectivity index (χ1v) is 8.11. The Morgan fingerprint density at radius 3 is 2.62 bits per heavy atom. The minimum absolute atomic E-state index is 0.758. The highest BCUT2D eigenvalue weighted by Crippen LogP contribution is 2.26. The summed E-state index contributed by atoms with van der Waals surface area (Å²) in [5, 5.41) is 4.17. The van der Waals surface area contributed by atoms with E-state index in [2.05, 4.69) is 49.3 Å². The van der Waals surface area contributed by atoms with Gasteiger partial charge in [0, 0.05) is 31.7 Å². The Bertz CT molecular complexity index is 852. The summed E-state index contributed by atoms with van der Waals surface area (Å²) in [4.78, 5) is 7.00. The number of benzene rings is 2. The van der Waals surface area contributed by atoms with Gasteiger partial charge in [-0.15, -0.1) is 11.3 Å². The molecule has 1 heterocycles. The van der Waals surface area contributed by atoms with E-state index in [1.807, 2.05) is 12.1 Å². The number of hydrogen-bond donors (Lipinski definition) is 0. The van der Waals surface area contributed by atoms with Crippen LogP contribution in [-0.4, -0.2) is 32.1 Å². The lowest BCUT2D eigenvalue weighted by Crippen LogP contribution is -2.17. The van der Waals surface area contributed by atoms with Gasteiger partial charge in [-0.25, -0.2) is 0 Å². The molecule has 1 aromatic heterocycles. The average Bonchev–Trinajstić information content (AvgIpc) is 2.46. The topological polar surface area (TPSA) is 15.6 Å². The molecule has 0 unspecified atom stereocenters. The molecule has 0 bridgehead atoms. The number of hydrogen-bond acceptors (Lipinski definition) is 3. The van der Waals surface area contributed by atoms with E-state index in [1.165, 1.54) is 14.8 Å². The number of likely N-dealkylation sites (N-methyl/N-ethyl adjacent to an activating group) is 1. The van der Waals surface area contributed by atoms with Crippen LogP contribution in [0.4, 0.5) is 0 Å². The van der Waals surface area contributed by atoms with E-state index >= 15 is 0 Å². The van der Waals surface area contributed by atoms with Crippen molar-refractivity contribution in [3.63, 3.8) is 0 Å². The van der Waals surface area contributed by atoms with Crippen molar-refractivity contribution in [3.8, 4) is 0 Å². The summed E-state index contributed by atoms with van der Waals surface area (Å²) in [5.74, 6) is 0. The second-order valence-electron chi connectivity index (χ2n) is 5.27. The van der Waals surface area contributed by atoms with Gasteiger partial charge < -0.3 is 4.90 Å². The molecule has 21 heavy (non-hydrogen) atoms. The highest BCUT2D eigenvalue weighted by Gasteiger charge is 2.04. The lowest BCUT2D eigenvalue weighted by atomic mass is 10.2. The Morgan fingerprint density at radius 1 is 1.05 bits per heavy atom. The molecule has 0 fully saturated rings. The molecule has 0 radical (unpaired) electrons. The van der Waals surface area contributed by atoms with Gasteiger partial charge in [-0.3, -0.25) is 4.99 Å². The summed E-state index contributed by atoms with van der Waals surface area (Å²) in [6.07, 6.45) is 0. The van der Waals surface area contributed by atoms with Crippen molar-refractivity contribution in [1.82, 2.24) is 4.90 Å². The zero-order chi connectivity index (χ0) is 14.8. The van der Waals surface area contributed by atoms with Crippen LogP contribution in [0.2, 0.25) is 5.02 Å². The van der Waals surface area contributed by atoms with Gasteiger partial charge in [0.05, 0.1) is 11.9 Å². The Kier molecular flexibility index (Phi) is 4.24. The molecular formula is C17H17ClN2S. The van der Waals surface area contributed by atoms with Crippen LogP contribution in [0, 0.1) is 0 Å². The van der Waals surface area contributed by atoms with Gasteiger partial charge >= 0.3 is 0 Å². The molecule has 0 atom stereocenters. The molecule has 0 saturated carbocycles. The van der Waals surface area contributed by atoms with Crippen LogP contribution in [0.3, 0.4) is 0 Å². The lowest BCUT2D eigenvalue weighted by Gasteiger charge is -2.07. The van der Waals surface area contributed by atoms with Crippen molar-refractivity contribution >= 4 is 43.1 Å². The first kappa shape index (κ1) is 14.5. The molecule has 3 rings (SSSR count). The fraction of sp³-hybridized carbons (Fsp3) is 0.235. The molecule has 0 saturated heterocycles. The van der Waals surface area contributed by atoms with E-state index in [9.17, 15) is 0 Å². The highest BCUT2D eigenvalue weighted by atomic mass is 35.5. The quantitative estimate of drug-likeness (QED) is 0.662. The average molecular weight is 317 g/mol. The van der Waals surface area contributed by atoms with Gasteiger partial charge in [0.15, 0.2) is 0 Å². The minimum atomic E-state index is 0.758. The molecular weight excluding hydrogens is 300 g/mol. The van der Waals surface area contributed by atoms with Crippen LogP contribution in [0.15, 0.2) is 47.5 Å². The maximum Gasteiger partial charge on any atom is 0.0748 e. The van der Waals surface area contributed by atoms with Crippen LogP contribution < -0.4 is 5.36 Å². The Labute approximate surface area is 133 Å². The largest absolute Gasteiger partial charge is 0.308 e. The maximum absolute atomic E-state index is 6.18. The normalized spacial score (nSPS) is 12.7. The monoisotopic (exact) mass is 316 g/mol. The smallest absolute Gasteiger partial charge is 0.0748 e. The van der Waals surface area contributed by atoms with Crippen molar-refractivity contribution in [1.29, 1.82) is 0 Å². The van der Waals surface area contributed by atoms with E-state index < -0.39 is 0 Å². The summed E-state index contributed by atoms with van der Waals surface area (Å²) in [6, 6.07) is 14.5. The summed E-state index contributed by atoms with van der Waals surface area (Å²) >= 11 is 7.97. The first-order valence-electron chi connectivity index (χ1n) is 6.91. The van der Waals surface area contributed by atoms with Crippen LogP contribution in [0.1, 0.15) is 0 Å². The van der Waals surface area contributed by atoms with Crippen molar-refractivity contribution < 1.29 is 0 Å². The lowest BCUT2D eigenvalue weighted by molar-refractivity contribution is 0.419. The third-order valence-corrected chi connectivity index (χ3v) is 4.76. The van der Waals surface area contributed by atoms with Gasteiger partial charge in [-0.2, -0.15) is 0 Å². The van der Waals surface area contributed by atoms with E-state index in [4.69, 9.17) is 16.6 Å². The molecule has 0 aliphatic heterocycles. The molecule has 0 amide bonds. The summed E-state index contributed by atoms with van der Waals surface area (Å²) in [7, 11) is 4.13. The zero-order valence-electron chi connectivity index (χ0n) is 12.1.